The lowest BCUT2D eigenvalue weighted by atomic mass is 9.74. The SMILES string of the molecule is CC1CCCCC1NC1CC(c2ccc(Cl)cc2)C1. The molecule has 1 aromatic carbocycles. The molecular formula is C17H24ClN. The number of hydrogen-bond acceptors (Lipinski definition) is 1. The van der Waals surface area contributed by atoms with Crippen molar-refractivity contribution in [2.45, 2.75) is 63.5 Å². The highest BCUT2D eigenvalue weighted by Crippen LogP contribution is 2.38. The van der Waals surface area contributed by atoms with Crippen LogP contribution in [0.15, 0.2) is 24.3 Å². The summed E-state index contributed by atoms with van der Waals surface area (Å²) in [5, 5.41) is 4.73. The van der Waals surface area contributed by atoms with Gasteiger partial charge in [-0.25, -0.2) is 0 Å². The van der Waals surface area contributed by atoms with Crippen molar-refractivity contribution in [2.24, 2.45) is 5.92 Å². The lowest BCUT2D eigenvalue weighted by Crippen LogP contribution is -2.48. The Labute approximate surface area is 121 Å². The fourth-order valence-corrected chi connectivity index (χ4v) is 3.75. The third-order valence-electron chi connectivity index (χ3n) is 5.04. The molecule has 0 saturated heterocycles. The van der Waals surface area contributed by atoms with Crippen LogP contribution in [-0.2, 0) is 0 Å². The molecule has 0 aromatic heterocycles. The summed E-state index contributed by atoms with van der Waals surface area (Å²) in [4.78, 5) is 0. The highest BCUT2D eigenvalue weighted by atomic mass is 35.5. The van der Waals surface area contributed by atoms with Crippen LogP contribution in [0, 0.1) is 5.92 Å². The zero-order chi connectivity index (χ0) is 13.2. The van der Waals surface area contributed by atoms with Crippen LogP contribution in [0.5, 0.6) is 0 Å². The molecule has 0 aliphatic heterocycles. The van der Waals surface area contributed by atoms with E-state index in [0.29, 0.717) is 0 Å². The largest absolute Gasteiger partial charge is 0.311 e. The van der Waals surface area contributed by atoms with E-state index in [-0.39, 0.29) is 0 Å². The monoisotopic (exact) mass is 277 g/mol. The molecule has 2 heteroatoms. The van der Waals surface area contributed by atoms with Crippen molar-refractivity contribution in [3.63, 3.8) is 0 Å². The smallest absolute Gasteiger partial charge is 0.0406 e. The van der Waals surface area contributed by atoms with Gasteiger partial charge < -0.3 is 5.32 Å². The Balaban J connectivity index is 1.48. The Morgan fingerprint density at radius 2 is 1.74 bits per heavy atom. The van der Waals surface area contributed by atoms with Gasteiger partial charge in [-0.1, -0.05) is 43.5 Å². The lowest BCUT2D eigenvalue weighted by molar-refractivity contribution is 0.201. The summed E-state index contributed by atoms with van der Waals surface area (Å²) in [5.74, 6) is 1.61. The predicted octanol–water partition coefficient (Wildman–Crippen LogP) is 4.75. The second-order valence-corrected chi connectivity index (χ2v) is 6.89. The minimum absolute atomic E-state index is 0.742. The molecule has 2 saturated carbocycles. The highest BCUT2D eigenvalue weighted by Gasteiger charge is 2.33. The highest BCUT2D eigenvalue weighted by molar-refractivity contribution is 6.30. The van der Waals surface area contributed by atoms with E-state index in [1.165, 1.54) is 44.1 Å². The van der Waals surface area contributed by atoms with E-state index in [2.05, 4.69) is 24.4 Å². The Hall–Kier alpha value is -0.530. The van der Waals surface area contributed by atoms with Crippen LogP contribution in [0.4, 0.5) is 0 Å². The van der Waals surface area contributed by atoms with Gasteiger partial charge in [-0.3, -0.25) is 0 Å². The van der Waals surface area contributed by atoms with Crippen molar-refractivity contribution in [1.29, 1.82) is 0 Å². The fourth-order valence-electron chi connectivity index (χ4n) is 3.63. The maximum absolute atomic E-state index is 5.94. The Kier molecular flexibility index (Phi) is 4.14. The quantitative estimate of drug-likeness (QED) is 0.840. The molecule has 2 unspecified atom stereocenters. The van der Waals surface area contributed by atoms with Gasteiger partial charge >= 0.3 is 0 Å². The number of nitrogens with one attached hydrogen (secondary N) is 1. The maximum atomic E-state index is 5.94. The van der Waals surface area contributed by atoms with E-state index in [9.17, 15) is 0 Å². The van der Waals surface area contributed by atoms with Gasteiger partial charge in [0.05, 0.1) is 0 Å². The molecule has 104 valence electrons. The minimum Gasteiger partial charge on any atom is -0.311 e. The first-order chi connectivity index (χ1) is 9.22. The van der Waals surface area contributed by atoms with E-state index in [1.807, 2.05) is 12.1 Å². The van der Waals surface area contributed by atoms with E-state index in [4.69, 9.17) is 11.6 Å². The molecule has 0 spiro atoms. The molecule has 19 heavy (non-hydrogen) atoms. The third kappa shape index (κ3) is 3.14. The first-order valence-electron chi connectivity index (χ1n) is 7.74. The van der Waals surface area contributed by atoms with Gasteiger partial charge in [0.1, 0.15) is 0 Å². The molecular weight excluding hydrogens is 254 g/mol. The summed E-state index contributed by atoms with van der Waals surface area (Å²) < 4.78 is 0. The average Bonchev–Trinajstić information content (AvgIpc) is 2.37. The number of rotatable bonds is 3. The molecule has 0 radical (unpaired) electrons. The lowest BCUT2D eigenvalue weighted by Gasteiger charge is -2.41. The number of halogens is 1. The molecule has 2 fully saturated rings. The third-order valence-corrected chi connectivity index (χ3v) is 5.29. The topological polar surface area (TPSA) is 12.0 Å². The van der Waals surface area contributed by atoms with Crippen LogP contribution in [0.25, 0.3) is 0 Å². The summed E-state index contributed by atoms with van der Waals surface area (Å²) in [5.41, 5.74) is 1.46. The second kappa shape index (κ2) is 5.85. The molecule has 1 N–H and O–H groups in total. The van der Waals surface area contributed by atoms with Crippen molar-refractivity contribution in [2.75, 3.05) is 0 Å². The van der Waals surface area contributed by atoms with E-state index >= 15 is 0 Å². The second-order valence-electron chi connectivity index (χ2n) is 6.45. The molecule has 0 amide bonds. The molecule has 0 heterocycles. The van der Waals surface area contributed by atoms with Crippen LogP contribution >= 0.6 is 11.6 Å². The summed E-state index contributed by atoms with van der Waals surface area (Å²) in [6, 6.07) is 9.91. The van der Waals surface area contributed by atoms with Crippen LogP contribution in [0.2, 0.25) is 5.02 Å². The normalized spacial score (nSPS) is 34.8. The van der Waals surface area contributed by atoms with Gasteiger partial charge in [0.2, 0.25) is 0 Å². The van der Waals surface area contributed by atoms with E-state index in [0.717, 1.165) is 28.9 Å². The van der Waals surface area contributed by atoms with Gasteiger partial charge in [0.15, 0.2) is 0 Å². The van der Waals surface area contributed by atoms with E-state index < -0.39 is 0 Å². The fraction of sp³-hybridized carbons (Fsp3) is 0.647. The van der Waals surface area contributed by atoms with Crippen LogP contribution in [0.3, 0.4) is 0 Å². The first kappa shape index (κ1) is 13.5. The minimum atomic E-state index is 0.742. The Morgan fingerprint density at radius 1 is 1.05 bits per heavy atom. The van der Waals surface area contributed by atoms with Crippen LogP contribution in [-0.4, -0.2) is 12.1 Å². The van der Waals surface area contributed by atoms with Crippen molar-refractivity contribution in [3.05, 3.63) is 34.9 Å². The van der Waals surface area contributed by atoms with Gasteiger partial charge in [0, 0.05) is 17.1 Å². The molecule has 2 atom stereocenters. The van der Waals surface area contributed by atoms with Gasteiger partial charge in [-0.05, 0) is 55.2 Å². The summed E-state index contributed by atoms with van der Waals surface area (Å²) in [6.07, 6.45) is 8.22. The molecule has 3 rings (SSSR count). The van der Waals surface area contributed by atoms with Gasteiger partial charge in [-0.15, -0.1) is 0 Å². The van der Waals surface area contributed by atoms with Gasteiger partial charge in [0.25, 0.3) is 0 Å². The Bertz CT molecular complexity index is 408. The van der Waals surface area contributed by atoms with Crippen molar-refractivity contribution >= 4 is 11.6 Å². The van der Waals surface area contributed by atoms with E-state index in [1.54, 1.807) is 0 Å². The van der Waals surface area contributed by atoms with Crippen LogP contribution in [0.1, 0.15) is 56.9 Å². The number of hydrogen-bond donors (Lipinski definition) is 1. The average molecular weight is 278 g/mol. The zero-order valence-corrected chi connectivity index (χ0v) is 12.5. The maximum Gasteiger partial charge on any atom is 0.0406 e. The number of benzene rings is 1. The molecule has 1 aromatic rings. The van der Waals surface area contributed by atoms with Crippen molar-refractivity contribution in [1.82, 2.24) is 5.32 Å². The molecule has 1 nitrogen and oxygen atoms in total. The Morgan fingerprint density at radius 3 is 2.42 bits per heavy atom. The molecule has 2 aliphatic rings. The molecule has 0 bridgehead atoms. The van der Waals surface area contributed by atoms with Crippen LogP contribution < -0.4 is 5.32 Å². The predicted molar refractivity (Wildman–Crippen MR) is 81.8 cm³/mol. The van der Waals surface area contributed by atoms with Crippen molar-refractivity contribution < 1.29 is 0 Å². The molecule has 2 aliphatic carbocycles. The van der Waals surface area contributed by atoms with Gasteiger partial charge in [-0.2, -0.15) is 0 Å². The van der Waals surface area contributed by atoms with Crippen molar-refractivity contribution in [3.8, 4) is 0 Å². The zero-order valence-electron chi connectivity index (χ0n) is 11.7. The summed E-state index contributed by atoms with van der Waals surface area (Å²) >= 11 is 5.94. The summed E-state index contributed by atoms with van der Waals surface area (Å²) in [7, 11) is 0. The summed E-state index contributed by atoms with van der Waals surface area (Å²) in [6.45, 7) is 2.41. The standard InChI is InChI=1S/C17H24ClN/c1-12-4-2-3-5-17(12)19-16-10-14(11-16)13-6-8-15(18)9-7-13/h6-9,12,14,16-17,19H,2-5,10-11H2,1H3. The first-order valence-corrected chi connectivity index (χ1v) is 8.11.